The molecule has 0 saturated heterocycles. The van der Waals surface area contributed by atoms with Crippen molar-refractivity contribution in [2.75, 3.05) is 19.8 Å². The molecule has 0 atom stereocenters. The molecule has 0 heterocycles. The summed E-state index contributed by atoms with van der Waals surface area (Å²) in [5.41, 5.74) is -1.21. The maximum absolute atomic E-state index is 10.8. The first-order valence-electron chi connectivity index (χ1n) is 6.28. The van der Waals surface area contributed by atoms with Crippen molar-refractivity contribution in [3.8, 4) is 5.75 Å². The van der Waals surface area contributed by atoms with Gasteiger partial charge in [0.15, 0.2) is 6.29 Å². The van der Waals surface area contributed by atoms with Gasteiger partial charge in [0, 0.05) is 19.3 Å². The third-order valence-corrected chi connectivity index (χ3v) is 2.43. The molecule has 0 radical (unpaired) electrons. The summed E-state index contributed by atoms with van der Waals surface area (Å²) in [5.74, 6) is 0.136. The molecule has 0 aromatic heterocycles. The molecular weight excluding hydrogens is 284 g/mol. The number of nitro benzene ring substituents is 2. The van der Waals surface area contributed by atoms with Crippen molar-refractivity contribution in [1.29, 1.82) is 0 Å². The molecule has 116 valence electrons. The minimum Gasteiger partial charge on any atom is -0.488 e. The Morgan fingerprint density at radius 2 is 1.62 bits per heavy atom. The summed E-state index contributed by atoms with van der Waals surface area (Å²) >= 11 is 0. The Bertz CT molecular complexity index is 500. The minimum absolute atomic E-state index is 0.0244. The van der Waals surface area contributed by atoms with Crippen LogP contribution in [-0.4, -0.2) is 36.0 Å². The van der Waals surface area contributed by atoms with Gasteiger partial charge in [-0.1, -0.05) is 0 Å². The third kappa shape index (κ3) is 4.97. The first kappa shape index (κ1) is 16.8. The van der Waals surface area contributed by atoms with E-state index in [0.29, 0.717) is 13.2 Å². The number of benzene rings is 1. The van der Waals surface area contributed by atoms with E-state index in [1.807, 2.05) is 0 Å². The molecule has 9 nitrogen and oxygen atoms in total. The number of hydrogen-bond donors (Lipinski definition) is 0. The Kier molecular flexibility index (Phi) is 6.50. The fourth-order valence-electron chi connectivity index (χ4n) is 1.57. The van der Waals surface area contributed by atoms with Crippen LogP contribution in [-0.2, 0) is 9.47 Å². The van der Waals surface area contributed by atoms with Gasteiger partial charge in [-0.25, -0.2) is 0 Å². The molecule has 0 bridgehead atoms. The van der Waals surface area contributed by atoms with E-state index in [-0.39, 0.29) is 12.4 Å². The lowest BCUT2D eigenvalue weighted by Crippen LogP contribution is -2.25. The predicted octanol–water partition coefficient (Wildman–Crippen LogP) is 2.28. The Morgan fingerprint density at radius 1 is 1.05 bits per heavy atom. The summed E-state index contributed by atoms with van der Waals surface area (Å²) in [5, 5.41) is 21.5. The van der Waals surface area contributed by atoms with Crippen LogP contribution < -0.4 is 4.74 Å². The fourth-order valence-corrected chi connectivity index (χ4v) is 1.57. The lowest BCUT2D eigenvalue weighted by molar-refractivity contribution is -0.422. The second kappa shape index (κ2) is 8.12. The lowest BCUT2D eigenvalue weighted by Gasteiger charge is -2.17. The van der Waals surface area contributed by atoms with Crippen molar-refractivity contribution in [1.82, 2.24) is 0 Å². The number of ether oxygens (including phenoxy) is 3. The van der Waals surface area contributed by atoms with Crippen molar-refractivity contribution >= 4 is 11.4 Å². The average molecular weight is 300 g/mol. The maximum atomic E-state index is 10.8. The van der Waals surface area contributed by atoms with Gasteiger partial charge in [-0.3, -0.25) is 20.2 Å². The highest BCUT2D eigenvalue weighted by molar-refractivity contribution is 5.55. The first-order chi connectivity index (χ1) is 9.99. The molecule has 9 heteroatoms. The average Bonchev–Trinajstić information content (AvgIpc) is 2.44. The molecule has 0 fully saturated rings. The number of nitro groups is 2. The standard InChI is InChI=1S/C12H16N2O7/c1-3-19-12(20-4-2)8-21-9-5-6-10(13(15)16)11(7-9)14(17)18/h5-7,12H,3-4,8H2,1-2H3. The van der Waals surface area contributed by atoms with Gasteiger partial charge in [-0.2, -0.15) is 0 Å². The van der Waals surface area contributed by atoms with Gasteiger partial charge in [0.2, 0.25) is 0 Å². The molecule has 1 aromatic carbocycles. The van der Waals surface area contributed by atoms with Gasteiger partial charge in [0.25, 0.3) is 0 Å². The highest BCUT2D eigenvalue weighted by Gasteiger charge is 2.24. The molecule has 0 aliphatic heterocycles. The molecule has 0 amide bonds. The SMILES string of the molecule is CCOC(COc1ccc([N+](=O)[O-])c([N+](=O)[O-])c1)OCC. The molecule has 0 saturated carbocycles. The molecule has 21 heavy (non-hydrogen) atoms. The van der Waals surface area contributed by atoms with Crippen molar-refractivity contribution < 1.29 is 24.1 Å². The number of hydrogen-bond acceptors (Lipinski definition) is 7. The summed E-state index contributed by atoms with van der Waals surface area (Å²) in [6.07, 6.45) is -0.603. The van der Waals surface area contributed by atoms with Crippen LogP contribution in [0.1, 0.15) is 13.8 Å². The van der Waals surface area contributed by atoms with E-state index in [1.54, 1.807) is 13.8 Å². The van der Waals surface area contributed by atoms with Gasteiger partial charge < -0.3 is 14.2 Å². The van der Waals surface area contributed by atoms with Crippen LogP contribution in [0.5, 0.6) is 5.75 Å². The second-order valence-electron chi connectivity index (χ2n) is 3.82. The Morgan fingerprint density at radius 3 is 2.10 bits per heavy atom. The number of rotatable bonds is 9. The molecule has 0 N–H and O–H groups in total. The summed E-state index contributed by atoms with van der Waals surface area (Å²) < 4.78 is 15.8. The highest BCUT2D eigenvalue weighted by atomic mass is 16.7. The molecule has 0 unspecified atom stereocenters. The summed E-state index contributed by atoms with van der Waals surface area (Å²) in [4.78, 5) is 19.9. The molecule has 0 aliphatic rings. The Balaban J connectivity index is 2.82. The first-order valence-corrected chi connectivity index (χ1v) is 6.28. The Labute approximate surface area is 120 Å². The van der Waals surface area contributed by atoms with Crippen LogP contribution in [0, 0.1) is 20.2 Å². The maximum Gasteiger partial charge on any atom is 0.349 e. The smallest absolute Gasteiger partial charge is 0.349 e. The van der Waals surface area contributed by atoms with E-state index in [9.17, 15) is 20.2 Å². The highest BCUT2D eigenvalue weighted by Crippen LogP contribution is 2.30. The zero-order valence-corrected chi connectivity index (χ0v) is 11.7. The monoisotopic (exact) mass is 300 g/mol. The summed E-state index contributed by atoms with van der Waals surface area (Å²) in [6, 6.07) is 3.33. The van der Waals surface area contributed by atoms with Gasteiger partial charge in [0.05, 0.1) is 15.9 Å². The minimum atomic E-state index is -0.826. The van der Waals surface area contributed by atoms with Crippen molar-refractivity contribution in [3.63, 3.8) is 0 Å². The van der Waals surface area contributed by atoms with Crippen LogP contribution in [0.25, 0.3) is 0 Å². The van der Waals surface area contributed by atoms with Crippen molar-refractivity contribution in [2.24, 2.45) is 0 Å². The largest absolute Gasteiger partial charge is 0.488 e. The van der Waals surface area contributed by atoms with Crippen LogP contribution in [0.3, 0.4) is 0 Å². The van der Waals surface area contributed by atoms with Crippen molar-refractivity contribution in [2.45, 2.75) is 20.1 Å². The van der Waals surface area contributed by atoms with Gasteiger partial charge in [0.1, 0.15) is 12.4 Å². The van der Waals surface area contributed by atoms with E-state index in [1.165, 1.54) is 6.07 Å². The van der Waals surface area contributed by atoms with Crippen LogP contribution in [0.15, 0.2) is 18.2 Å². The van der Waals surface area contributed by atoms with E-state index < -0.39 is 27.5 Å². The zero-order valence-electron chi connectivity index (χ0n) is 11.7. The van der Waals surface area contributed by atoms with E-state index in [2.05, 4.69) is 0 Å². The topological polar surface area (TPSA) is 114 Å². The molecule has 1 rings (SSSR count). The van der Waals surface area contributed by atoms with E-state index >= 15 is 0 Å². The quantitative estimate of drug-likeness (QED) is 0.390. The molecule has 0 aliphatic carbocycles. The van der Waals surface area contributed by atoms with E-state index in [4.69, 9.17) is 14.2 Å². The summed E-state index contributed by atoms with van der Waals surface area (Å²) in [7, 11) is 0. The predicted molar refractivity (Wildman–Crippen MR) is 72.3 cm³/mol. The fraction of sp³-hybridized carbons (Fsp3) is 0.500. The van der Waals surface area contributed by atoms with Crippen LogP contribution in [0.4, 0.5) is 11.4 Å². The van der Waals surface area contributed by atoms with Crippen molar-refractivity contribution in [3.05, 3.63) is 38.4 Å². The van der Waals surface area contributed by atoms with Gasteiger partial charge in [-0.15, -0.1) is 0 Å². The van der Waals surface area contributed by atoms with Crippen LogP contribution in [0.2, 0.25) is 0 Å². The van der Waals surface area contributed by atoms with Gasteiger partial charge in [-0.05, 0) is 19.9 Å². The normalized spacial score (nSPS) is 10.6. The third-order valence-electron chi connectivity index (χ3n) is 2.43. The molecular formula is C12H16N2O7. The second-order valence-corrected chi connectivity index (χ2v) is 3.82. The molecule has 0 spiro atoms. The Hall–Kier alpha value is -2.26. The molecule has 1 aromatic rings. The number of nitrogens with zero attached hydrogens (tertiary/aromatic N) is 2. The van der Waals surface area contributed by atoms with Gasteiger partial charge >= 0.3 is 11.4 Å². The van der Waals surface area contributed by atoms with E-state index in [0.717, 1.165) is 12.1 Å². The zero-order chi connectivity index (χ0) is 15.8. The lowest BCUT2D eigenvalue weighted by atomic mass is 10.2. The summed E-state index contributed by atoms with van der Waals surface area (Å²) in [6.45, 7) is 4.46. The van der Waals surface area contributed by atoms with Crippen LogP contribution >= 0.6 is 0 Å².